The first kappa shape index (κ1) is 15.3. The van der Waals surface area contributed by atoms with Crippen LogP contribution in [0.5, 0.6) is 5.75 Å². The maximum absolute atomic E-state index is 12.3. The van der Waals surface area contributed by atoms with Crippen molar-refractivity contribution in [2.75, 3.05) is 26.7 Å². The first-order valence-corrected chi connectivity index (χ1v) is 8.34. The fourth-order valence-corrected chi connectivity index (χ4v) is 3.85. The Morgan fingerprint density at radius 3 is 2.45 bits per heavy atom. The van der Waals surface area contributed by atoms with Gasteiger partial charge in [0.15, 0.2) is 0 Å². The summed E-state index contributed by atoms with van der Waals surface area (Å²) in [5, 5.41) is 0. The molecular formula is C14H22N2O3S. The Morgan fingerprint density at radius 2 is 1.95 bits per heavy atom. The van der Waals surface area contributed by atoms with Crippen LogP contribution in [0.25, 0.3) is 0 Å². The summed E-state index contributed by atoms with van der Waals surface area (Å²) in [5.74, 6) is 0.998. The lowest BCUT2D eigenvalue weighted by molar-refractivity contribution is 0.340. The molecule has 1 aliphatic heterocycles. The number of hydrogen-bond acceptors (Lipinski definition) is 4. The molecule has 0 amide bonds. The van der Waals surface area contributed by atoms with E-state index in [-0.39, 0.29) is 10.9 Å². The monoisotopic (exact) mass is 298 g/mol. The summed E-state index contributed by atoms with van der Waals surface area (Å²) >= 11 is 0. The molecule has 0 spiro atoms. The highest BCUT2D eigenvalue weighted by atomic mass is 32.2. The van der Waals surface area contributed by atoms with E-state index in [9.17, 15) is 8.42 Å². The molecule has 1 aromatic carbocycles. The Labute approximate surface area is 121 Å². The number of hydrogen-bond donors (Lipinski definition) is 1. The minimum absolute atomic E-state index is 0.0310. The molecule has 1 aromatic rings. The van der Waals surface area contributed by atoms with Crippen molar-refractivity contribution in [3.05, 3.63) is 24.3 Å². The first-order valence-electron chi connectivity index (χ1n) is 6.86. The van der Waals surface area contributed by atoms with Crippen LogP contribution in [0.3, 0.4) is 0 Å². The molecule has 2 atom stereocenters. The Balaban J connectivity index is 2.10. The van der Waals surface area contributed by atoms with E-state index in [0.29, 0.717) is 18.3 Å². The number of likely N-dealkylation sites (tertiary alicyclic amines) is 1. The van der Waals surface area contributed by atoms with Crippen LogP contribution < -0.4 is 9.46 Å². The highest BCUT2D eigenvalue weighted by Gasteiger charge is 2.31. The second-order valence-electron chi connectivity index (χ2n) is 5.33. The molecule has 20 heavy (non-hydrogen) atoms. The quantitative estimate of drug-likeness (QED) is 0.890. The van der Waals surface area contributed by atoms with Gasteiger partial charge in [0.25, 0.3) is 0 Å². The molecule has 2 rings (SSSR count). The topological polar surface area (TPSA) is 58.6 Å². The van der Waals surface area contributed by atoms with E-state index in [1.54, 1.807) is 24.3 Å². The highest BCUT2D eigenvalue weighted by Crippen LogP contribution is 2.19. The molecule has 1 N–H and O–H groups in total. The second-order valence-corrected chi connectivity index (χ2v) is 7.04. The molecule has 112 valence electrons. The lowest BCUT2D eigenvalue weighted by atomic mass is 10.1. The van der Waals surface area contributed by atoms with Gasteiger partial charge in [-0.1, -0.05) is 6.92 Å². The summed E-state index contributed by atoms with van der Waals surface area (Å²) in [6.45, 7) is 6.18. The standard InChI is InChI=1S/C14H22N2O3S/c1-4-19-12-5-7-13(8-6-12)20(17,18)15-14-10-16(3)9-11(14)2/h5-8,11,14-15H,4,9-10H2,1-3H3/t11-,14-/m1/s1. The van der Waals surface area contributed by atoms with E-state index in [1.807, 2.05) is 14.0 Å². The van der Waals surface area contributed by atoms with Gasteiger partial charge in [-0.2, -0.15) is 0 Å². The van der Waals surface area contributed by atoms with Gasteiger partial charge >= 0.3 is 0 Å². The average Bonchev–Trinajstić information content (AvgIpc) is 2.68. The van der Waals surface area contributed by atoms with Crippen LogP contribution in [-0.2, 0) is 10.0 Å². The highest BCUT2D eigenvalue weighted by molar-refractivity contribution is 7.89. The number of ether oxygens (including phenoxy) is 1. The van der Waals surface area contributed by atoms with Crippen molar-refractivity contribution in [1.82, 2.24) is 9.62 Å². The van der Waals surface area contributed by atoms with Gasteiger partial charge in [-0.15, -0.1) is 0 Å². The zero-order chi connectivity index (χ0) is 14.8. The van der Waals surface area contributed by atoms with Crippen LogP contribution in [0.15, 0.2) is 29.2 Å². The van der Waals surface area contributed by atoms with Crippen LogP contribution >= 0.6 is 0 Å². The lowest BCUT2D eigenvalue weighted by Gasteiger charge is -2.16. The van der Waals surface area contributed by atoms with Gasteiger partial charge in [0.2, 0.25) is 10.0 Å². The summed E-state index contributed by atoms with van der Waals surface area (Å²) in [7, 11) is -1.46. The number of rotatable bonds is 5. The molecule has 1 saturated heterocycles. The van der Waals surface area contributed by atoms with Crippen molar-refractivity contribution in [2.24, 2.45) is 5.92 Å². The summed E-state index contributed by atoms with van der Waals surface area (Å²) in [6, 6.07) is 6.49. The molecule has 0 unspecified atom stereocenters. The predicted octanol–water partition coefficient (Wildman–Crippen LogP) is 1.31. The SMILES string of the molecule is CCOc1ccc(S(=O)(=O)N[C@@H]2CN(C)C[C@H]2C)cc1. The maximum Gasteiger partial charge on any atom is 0.240 e. The Bertz CT molecular complexity index is 542. The van der Waals surface area contributed by atoms with Crippen molar-refractivity contribution >= 4 is 10.0 Å². The van der Waals surface area contributed by atoms with Gasteiger partial charge in [-0.05, 0) is 44.2 Å². The van der Waals surface area contributed by atoms with Crippen LogP contribution in [-0.4, -0.2) is 46.1 Å². The van der Waals surface area contributed by atoms with E-state index in [0.717, 1.165) is 13.1 Å². The lowest BCUT2D eigenvalue weighted by Crippen LogP contribution is -2.39. The van der Waals surface area contributed by atoms with Crippen molar-refractivity contribution in [1.29, 1.82) is 0 Å². The van der Waals surface area contributed by atoms with Crippen LogP contribution in [0, 0.1) is 5.92 Å². The summed E-state index contributed by atoms with van der Waals surface area (Å²) in [5.41, 5.74) is 0. The zero-order valence-corrected chi connectivity index (χ0v) is 13.0. The molecule has 0 aliphatic carbocycles. The van der Waals surface area contributed by atoms with Crippen molar-refractivity contribution in [2.45, 2.75) is 24.8 Å². The molecule has 1 heterocycles. The minimum Gasteiger partial charge on any atom is -0.494 e. The fraction of sp³-hybridized carbons (Fsp3) is 0.571. The molecule has 1 fully saturated rings. The Hall–Kier alpha value is -1.11. The van der Waals surface area contributed by atoms with Gasteiger partial charge in [-0.3, -0.25) is 0 Å². The molecule has 0 saturated carbocycles. The molecule has 0 radical (unpaired) electrons. The molecule has 6 heteroatoms. The van der Waals surface area contributed by atoms with E-state index in [4.69, 9.17) is 4.74 Å². The maximum atomic E-state index is 12.3. The molecular weight excluding hydrogens is 276 g/mol. The minimum atomic E-state index is -3.46. The van der Waals surface area contributed by atoms with E-state index < -0.39 is 10.0 Å². The average molecular weight is 298 g/mol. The summed E-state index contributed by atoms with van der Waals surface area (Å²) < 4.78 is 32.8. The zero-order valence-electron chi connectivity index (χ0n) is 12.2. The third kappa shape index (κ3) is 3.50. The van der Waals surface area contributed by atoms with Crippen molar-refractivity contribution in [3.63, 3.8) is 0 Å². The van der Waals surface area contributed by atoms with Crippen LogP contribution in [0.1, 0.15) is 13.8 Å². The van der Waals surface area contributed by atoms with E-state index >= 15 is 0 Å². The number of likely N-dealkylation sites (N-methyl/N-ethyl adjacent to an activating group) is 1. The molecule has 0 aromatic heterocycles. The largest absolute Gasteiger partial charge is 0.494 e. The predicted molar refractivity (Wildman–Crippen MR) is 78.4 cm³/mol. The van der Waals surface area contributed by atoms with Gasteiger partial charge in [0.1, 0.15) is 5.75 Å². The third-order valence-corrected chi connectivity index (χ3v) is 5.05. The fourth-order valence-electron chi connectivity index (χ4n) is 2.51. The summed E-state index contributed by atoms with van der Waals surface area (Å²) in [6.07, 6.45) is 0. The Morgan fingerprint density at radius 1 is 1.30 bits per heavy atom. The smallest absolute Gasteiger partial charge is 0.240 e. The number of benzene rings is 1. The van der Waals surface area contributed by atoms with Crippen molar-refractivity contribution < 1.29 is 13.2 Å². The van der Waals surface area contributed by atoms with Gasteiger partial charge in [-0.25, -0.2) is 13.1 Å². The summed E-state index contributed by atoms with van der Waals surface area (Å²) in [4.78, 5) is 2.42. The van der Waals surface area contributed by atoms with Gasteiger partial charge in [0, 0.05) is 19.1 Å². The second kappa shape index (κ2) is 6.11. The first-order chi connectivity index (χ1) is 9.42. The van der Waals surface area contributed by atoms with Crippen molar-refractivity contribution in [3.8, 4) is 5.75 Å². The Kier molecular flexibility index (Phi) is 4.67. The molecule has 1 aliphatic rings. The van der Waals surface area contributed by atoms with E-state index in [2.05, 4.69) is 16.5 Å². The number of nitrogens with zero attached hydrogens (tertiary/aromatic N) is 1. The van der Waals surface area contributed by atoms with Gasteiger partial charge < -0.3 is 9.64 Å². The van der Waals surface area contributed by atoms with Crippen LogP contribution in [0.2, 0.25) is 0 Å². The van der Waals surface area contributed by atoms with Crippen LogP contribution in [0.4, 0.5) is 0 Å². The number of sulfonamides is 1. The third-order valence-electron chi connectivity index (χ3n) is 3.55. The molecule has 0 bridgehead atoms. The van der Waals surface area contributed by atoms with E-state index in [1.165, 1.54) is 0 Å². The molecule has 5 nitrogen and oxygen atoms in total. The normalized spacial score (nSPS) is 23.9. The number of nitrogens with one attached hydrogen (secondary N) is 1. The van der Waals surface area contributed by atoms with Gasteiger partial charge in [0.05, 0.1) is 11.5 Å².